The number of fused-ring (bicyclic) bond motifs is 1. The van der Waals surface area contributed by atoms with Gasteiger partial charge in [0.1, 0.15) is 0 Å². The fraction of sp³-hybridized carbons (Fsp3) is 0.429. The highest BCUT2D eigenvalue weighted by molar-refractivity contribution is 5.76. The van der Waals surface area contributed by atoms with Crippen LogP contribution in [0.5, 0.6) is 0 Å². The molecule has 0 bridgehead atoms. The molecule has 0 saturated carbocycles. The van der Waals surface area contributed by atoms with Gasteiger partial charge in [0.05, 0.1) is 11.0 Å². The van der Waals surface area contributed by atoms with E-state index >= 15 is 0 Å². The summed E-state index contributed by atoms with van der Waals surface area (Å²) >= 11 is 0. The molecule has 108 valence electrons. The normalized spacial score (nSPS) is 11.8. The first-order chi connectivity index (χ1) is 9.31. The molecule has 1 aromatic heterocycles. The molecule has 0 spiro atoms. The highest BCUT2D eigenvalue weighted by Crippen LogP contribution is 2.23. The summed E-state index contributed by atoms with van der Waals surface area (Å²) in [7, 11) is 0. The van der Waals surface area contributed by atoms with Gasteiger partial charge in [-0.1, -0.05) is 6.07 Å². The Labute approximate surface area is 116 Å². The summed E-state index contributed by atoms with van der Waals surface area (Å²) in [5.41, 5.74) is 2.05. The Hall–Kier alpha value is -2.24. The first-order valence-corrected chi connectivity index (χ1v) is 6.50. The van der Waals surface area contributed by atoms with E-state index in [1.54, 1.807) is 4.57 Å². The van der Waals surface area contributed by atoms with Crippen LogP contribution in [-0.2, 0) is 5.54 Å². The minimum Gasteiger partial charge on any atom is -0.465 e. The zero-order chi connectivity index (χ0) is 14.9. The SMILES string of the molecule is Cc1ccc2[nH]c(=O)n(C(C)(C)CCNC(=O)O)c2c1. The number of carboxylic acid groups (broad SMARTS) is 1. The van der Waals surface area contributed by atoms with Crippen molar-refractivity contribution in [2.75, 3.05) is 6.54 Å². The Morgan fingerprint density at radius 1 is 1.45 bits per heavy atom. The number of hydrogen-bond acceptors (Lipinski definition) is 2. The molecule has 0 unspecified atom stereocenters. The van der Waals surface area contributed by atoms with Crippen molar-refractivity contribution in [3.63, 3.8) is 0 Å². The van der Waals surface area contributed by atoms with E-state index in [1.165, 1.54) is 0 Å². The second-order valence-corrected chi connectivity index (χ2v) is 5.58. The zero-order valence-electron chi connectivity index (χ0n) is 11.9. The van der Waals surface area contributed by atoms with Crippen molar-refractivity contribution in [1.82, 2.24) is 14.9 Å². The minimum absolute atomic E-state index is 0.175. The van der Waals surface area contributed by atoms with Gasteiger partial charge in [-0.3, -0.25) is 4.57 Å². The van der Waals surface area contributed by atoms with Crippen LogP contribution in [0.4, 0.5) is 4.79 Å². The van der Waals surface area contributed by atoms with E-state index < -0.39 is 11.6 Å². The average Bonchev–Trinajstić information content (AvgIpc) is 2.64. The summed E-state index contributed by atoms with van der Waals surface area (Å²) in [5, 5.41) is 11.0. The molecule has 0 saturated heterocycles. The van der Waals surface area contributed by atoms with E-state index in [2.05, 4.69) is 10.3 Å². The topological polar surface area (TPSA) is 87.1 Å². The van der Waals surface area contributed by atoms with Crippen molar-refractivity contribution >= 4 is 17.1 Å². The molecule has 20 heavy (non-hydrogen) atoms. The summed E-state index contributed by atoms with van der Waals surface area (Å²) in [6, 6.07) is 5.79. The molecule has 1 aromatic carbocycles. The molecule has 1 heterocycles. The number of nitrogens with zero attached hydrogens (tertiary/aromatic N) is 1. The molecular weight excluding hydrogens is 258 g/mol. The molecule has 6 heteroatoms. The van der Waals surface area contributed by atoms with Crippen molar-refractivity contribution in [2.24, 2.45) is 0 Å². The Balaban J connectivity index is 2.40. The molecule has 0 aliphatic carbocycles. The van der Waals surface area contributed by atoms with Crippen LogP contribution in [0.2, 0.25) is 0 Å². The number of H-pyrrole nitrogens is 1. The van der Waals surface area contributed by atoms with Crippen LogP contribution in [-0.4, -0.2) is 27.3 Å². The number of aromatic nitrogens is 2. The van der Waals surface area contributed by atoms with E-state index in [9.17, 15) is 9.59 Å². The maximum absolute atomic E-state index is 12.2. The van der Waals surface area contributed by atoms with Gasteiger partial charge in [0.2, 0.25) is 0 Å². The number of carbonyl (C=O) groups is 1. The third-order valence-corrected chi connectivity index (χ3v) is 3.46. The van der Waals surface area contributed by atoms with E-state index in [-0.39, 0.29) is 5.69 Å². The highest BCUT2D eigenvalue weighted by atomic mass is 16.4. The monoisotopic (exact) mass is 277 g/mol. The fourth-order valence-electron chi connectivity index (χ4n) is 2.40. The second-order valence-electron chi connectivity index (χ2n) is 5.58. The van der Waals surface area contributed by atoms with E-state index in [1.807, 2.05) is 39.0 Å². The molecule has 0 aliphatic heterocycles. The van der Waals surface area contributed by atoms with Crippen molar-refractivity contribution in [2.45, 2.75) is 32.7 Å². The summed E-state index contributed by atoms with van der Waals surface area (Å²) in [5.74, 6) is 0. The van der Waals surface area contributed by atoms with Crippen molar-refractivity contribution in [3.8, 4) is 0 Å². The lowest BCUT2D eigenvalue weighted by molar-refractivity contribution is 0.192. The van der Waals surface area contributed by atoms with Gasteiger partial charge in [0.25, 0.3) is 0 Å². The first-order valence-electron chi connectivity index (χ1n) is 6.50. The van der Waals surface area contributed by atoms with E-state index in [0.717, 1.165) is 16.6 Å². The number of aromatic amines is 1. The van der Waals surface area contributed by atoms with Gasteiger partial charge < -0.3 is 15.4 Å². The Bertz CT molecular complexity index is 697. The lowest BCUT2D eigenvalue weighted by Crippen LogP contribution is -2.38. The summed E-state index contributed by atoms with van der Waals surface area (Å²) in [6.07, 6.45) is -0.525. The predicted octanol–water partition coefficient (Wildman–Crippen LogP) is 2.03. The van der Waals surface area contributed by atoms with Crippen molar-refractivity contribution in [1.29, 1.82) is 0 Å². The number of nitrogens with one attached hydrogen (secondary N) is 2. The van der Waals surface area contributed by atoms with Crippen LogP contribution in [0.15, 0.2) is 23.0 Å². The number of imidazole rings is 1. The smallest absolute Gasteiger partial charge is 0.404 e. The molecule has 2 rings (SSSR count). The Morgan fingerprint density at radius 3 is 2.80 bits per heavy atom. The molecule has 3 N–H and O–H groups in total. The number of amides is 1. The van der Waals surface area contributed by atoms with Gasteiger partial charge in [-0.2, -0.15) is 0 Å². The predicted molar refractivity (Wildman–Crippen MR) is 77.3 cm³/mol. The molecule has 0 radical (unpaired) electrons. The van der Waals surface area contributed by atoms with Gasteiger partial charge >= 0.3 is 11.8 Å². The number of hydrogen-bond donors (Lipinski definition) is 3. The van der Waals surface area contributed by atoms with Crippen LogP contribution in [0, 0.1) is 6.92 Å². The quantitative estimate of drug-likeness (QED) is 0.799. The van der Waals surface area contributed by atoms with Gasteiger partial charge in [-0.25, -0.2) is 9.59 Å². The Morgan fingerprint density at radius 2 is 2.15 bits per heavy atom. The van der Waals surface area contributed by atoms with Crippen LogP contribution in [0.1, 0.15) is 25.8 Å². The third-order valence-electron chi connectivity index (χ3n) is 3.46. The Kier molecular flexibility index (Phi) is 3.57. The molecule has 0 atom stereocenters. The largest absolute Gasteiger partial charge is 0.465 e. The standard InChI is InChI=1S/C14H19N3O3/c1-9-4-5-10-11(8-9)17(12(18)16-10)14(2,3)6-7-15-13(19)20/h4-5,8,15H,6-7H2,1-3H3,(H,16,18)(H,19,20). The lowest BCUT2D eigenvalue weighted by atomic mass is 10.00. The van der Waals surface area contributed by atoms with Crippen molar-refractivity contribution < 1.29 is 9.90 Å². The van der Waals surface area contributed by atoms with E-state index in [0.29, 0.717) is 13.0 Å². The average molecular weight is 277 g/mol. The number of rotatable bonds is 4. The van der Waals surface area contributed by atoms with Gasteiger partial charge in [-0.15, -0.1) is 0 Å². The van der Waals surface area contributed by atoms with Gasteiger partial charge in [0.15, 0.2) is 0 Å². The highest BCUT2D eigenvalue weighted by Gasteiger charge is 2.24. The molecule has 6 nitrogen and oxygen atoms in total. The molecular formula is C14H19N3O3. The molecule has 0 aliphatic rings. The van der Waals surface area contributed by atoms with Crippen LogP contribution < -0.4 is 11.0 Å². The van der Waals surface area contributed by atoms with Crippen LogP contribution >= 0.6 is 0 Å². The van der Waals surface area contributed by atoms with Gasteiger partial charge in [0, 0.05) is 12.1 Å². The maximum atomic E-state index is 12.2. The second kappa shape index (κ2) is 5.03. The molecule has 1 amide bonds. The maximum Gasteiger partial charge on any atom is 0.404 e. The first kappa shape index (κ1) is 14.2. The number of benzene rings is 1. The molecule has 2 aromatic rings. The van der Waals surface area contributed by atoms with Crippen LogP contribution in [0.25, 0.3) is 11.0 Å². The molecule has 0 fully saturated rings. The summed E-state index contributed by atoms with van der Waals surface area (Å²) in [4.78, 5) is 25.5. The van der Waals surface area contributed by atoms with Crippen molar-refractivity contribution in [3.05, 3.63) is 34.2 Å². The third kappa shape index (κ3) is 2.68. The summed E-state index contributed by atoms with van der Waals surface area (Å²) < 4.78 is 1.69. The number of aryl methyl sites for hydroxylation is 1. The summed E-state index contributed by atoms with van der Waals surface area (Å²) in [6.45, 7) is 6.12. The fourth-order valence-corrected chi connectivity index (χ4v) is 2.40. The van der Waals surface area contributed by atoms with Crippen LogP contribution in [0.3, 0.4) is 0 Å². The van der Waals surface area contributed by atoms with E-state index in [4.69, 9.17) is 5.11 Å². The minimum atomic E-state index is -1.05. The van der Waals surface area contributed by atoms with Gasteiger partial charge in [-0.05, 0) is 44.9 Å². The zero-order valence-corrected chi connectivity index (χ0v) is 11.9. The lowest BCUT2D eigenvalue weighted by Gasteiger charge is -2.26.